The van der Waals surface area contributed by atoms with Crippen molar-refractivity contribution in [3.8, 4) is 0 Å². The Morgan fingerprint density at radius 3 is 2.30 bits per heavy atom. The number of alkyl halides is 3. The summed E-state index contributed by atoms with van der Waals surface area (Å²) in [6, 6.07) is -0.568. The first-order chi connectivity index (χ1) is 8.93. The summed E-state index contributed by atoms with van der Waals surface area (Å²) in [5.41, 5.74) is -0.497. The summed E-state index contributed by atoms with van der Waals surface area (Å²) in [5.74, 6) is -2.44. The zero-order valence-electron chi connectivity index (χ0n) is 11.3. The van der Waals surface area contributed by atoms with E-state index >= 15 is 0 Å². The van der Waals surface area contributed by atoms with Gasteiger partial charge in [-0.1, -0.05) is 20.8 Å². The van der Waals surface area contributed by atoms with Gasteiger partial charge in [-0.25, -0.2) is 9.59 Å². The lowest BCUT2D eigenvalue weighted by molar-refractivity contribution is -0.196. The van der Waals surface area contributed by atoms with Crippen LogP contribution in [0.15, 0.2) is 11.8 Å². The van der Waals surface area contributed by atoms with Gasteiger partial charge in [-0.15, -0.1) is 0 Å². The molecule has 1 rings (SSSR count). The molecule has 0 aromatic rings. The van der Waals surface area contributed by atoms with Crippen LogP contribution in [0.2, 0.25) is 0 Å². The molecule has 1 heterocycles. The predicted molar refractivity (Wildman–Crippen MR) is 62.8 cm³/mol. The second kappa shape index (κ2) is 5.34. The summed E-state index contributed by atoms with van der Waals surface area (Å²) < 4.78 is 40.7. The average Bonchev–Trinajstić information content (AvgIpc) is 2.26. The van der Waals surface area contributed by atoms with Gasteiger partial charge < -0.3 is 14.7 Å². The van der Waals surface area contributed by atoms with Crippen LogP contribution in [0.25, 0.3) is 0 Å². The zero-order chi connectivity index (χ0) is 15.7. The van der Waals surface area contributed by atoms with E-state index in [9.17, 15) is 22.8 Å². The Labute approximate surface area is 114 Å². The number of carbonyl (C=O) groups excluding carboxylic acids is 1. The van der Waals surface area contributed by atoms with Crippen LogP contribution in [0.3, 0.4) is 0 Å². The molecule has 0 bridgehead atoms. The molecular formula is C12H16F3NO4. The Hall–Kier alpha value is -1.73. The summed E-state index contributed by atoms with van der Waals surface area (Å²) in [5, 5.41) is 9.08. The smallest absolute Gasteiger partial charge is 0.465 e. The van der Waals surface area contributed by atoms with Gasteiger partial charge in [0.05, 0.1) is 0 Å². The van der Waals surface area contributed by atoms with Crippen molar-refractivity contribution in [2.45, 2.75) is 39.4 Å². The van der Waals surface area contributed by atoms with Gasteiger partial charge >= 0.3 is 18.2 Å². The van der Waals surface area contributed by atoms with E-state index < -0.39 is 29.7 Å². The van der Waals surface area contributed by atoms with Gasteiger partial charge in [0.1, 0.15) is 5.76 Å². The van der Waals surface area contributed by atoms with Gasteiger partial charge in [-0.2, -0.15) is 13.2 Å². The standard InChI is InChI=1S/C12H16F3NO4/c1-11(2,3)8-6-7(4-5-16(8)10(18)19)20-9(17)12(13,14)15/h4,8H,5-6H2,1-3H3,(H,18,19). The molecule has 1 N–H and O–H groups in total. The number of nitrogens with zero attached hydrogens (tertiary/aromatic N) is 1. The van der Waals surface area contributed by atoms with Crippen LogP contribution in [0.4, 0.5) is 18.0 Å². The number of carboxylic acid groups (broad SMARTS) is 1. The minimum absolute atomic E-state index is 0.0718. The van der Waals surface area contributed by atoms with Crippen molar-refractivity contribution in [3.63, 3.8) is 0 Å². The topological polar surface area (TPSA) is 66.8 Å². The van der Waals surface area contributed by atoms with E-state index in [2.05, 4.69) is 4.74 Å². The van der Waals surface area contributed by atoms with Crippen LogP contribution < -0.4 is 0 Å². The SMILES string of the molecule is CC(C)(C)C1CC(OC(=O)C(F)(F)F)=CCN1C(=O)O. The van der Waals surface area contributed by atoms with E-state index in [-0.39, 0.29) is 18.7 Å². The van der Waals surface area contributed by atoms with Gasteiger partial charge in [0.15, 0.2) is 0 Å². The molecule has 0 fully saturated rings. The minimum Gasteiger partial charge on any atom is -0.465 e. The number of esters is 1. The summed E-state index contributed by atoms with van der Waals surface area (Å²) in [6.07, 6.45) is -5.12. The quantitative estimate of drug-likeness (QED) is 0.755. The number of hydrogen-bond donors (Lipinski definition) is 1. The highest BCUT2D eigenvalue weighted by Gasteiger charge is 2.43. The van der Waals surface area contributed by atoms with Crippen molar-refractivity contribution in [2.75, 3.05) is 6.54 Å². The van der Waals surface area contributed by atoms with Crippen molar-refractivity contribution >= 4 is 12.1 Å². The molecular weight excluding hydrogens is 279 g/mol. The normalized spacial score (nSPS) is 20.4. The van der Waals surface area contributed by atoms with Crippen molar-refractivity contribution < 1.29 is 32.6 Å². The average molecular weight is 295 g/mol. The predicted octanol–water partition coefficient (Wildman–Crippen LogP) is 2.77. The molecule has 1 atom stereocenters. The van der Waals surface area contributed by atoms with E-state index in [0.29, 0.717) is 0 Å². The minimum atomic E-state index is -5.07. The Balaban J connectivity index is 2.89. The maximum atomic E-state index is 12.1. The van der Waals surface area contributed by atoms with Crippen molar-refractivity contribution in [1.29, 1.82) is 0 Å². The summed E-state index contributed by atoms with van der Waals surface area (Å²) in [4.78, 5) is 23.0. The molecule has 0 saturated heterocycles. The highest BCUT2D eigenvalue weighted by molar-refractivity contribution is 5.76. The maximum absolute atomic E-state index is 12.1. The summed E-state index contributed by atoms with van der Waals surface area (Å²) in [6.45, 7) is 5.18. The van der Waals surface area contributed by atoms with E-state index in [1.807, 2.05) is 0 Å². The van der Waals surface area contributed by atoms with Crippen molar-refractivity contribution in [2.24, 2.45) is 5.41 Å². The van der Waals surface area contributed by atoms with E-state index in [1.54, 1.807) is 20.8 Å². The molecule has 8 heteroatoms. The van der Waals surface area contributed by atoms with Gasteiger partial charge in [0.25, 0.3) is 0 Å². The molecule has 1 unspecified atom stereocenters. The molecule has 0 radical (unpaired) electrons. The Bertz CT molecular complexity index is 437. The molecule has 1 aliphatic heterocycles. The van der Waals surface area contributed by atoms with E-state index in [4.69, 9.17) is 5.11 Å². The van der Waals surface area contributed by atoms with Crippen molar-refractivity contribution in [3.05, 3.63) is 11.8 Å². The van der Waals surface area contributed by atoms with E-state index in [1.165, 1.54) is 6.08 Å². The highest BCUT2D eigenvalue weighted by atomic mass is 19.4. The fourth-order valence-electron chi connectivity index (χ4n) is 1.96. The molecule has 20 heavy (non-hydrogen) atoms. The van der Waals surface area contributed by atoms with Gasteiger partial charge in [-0.05, 0) is 11.5 Å². The molecule has 0 aliphatic carbocycles. The number of carbonyl (C=O) groups is 2. The lowest BCUT2D eigenvalue weighted by atomic mass is 9.82. The lowest BCUT2D eigenvalue weighted by Gasteiger charge is -2.40. The molecule has 1 amide bonds. The van der Waals surface area contributed by atoms with Crippen molar-refractivity contribution in [1.82, 2.24) is 4.90 Å². The monoisotopic (exact) mass is 295 g/mol. The zero-order valence-corrected chi connectivity index (χ0v) is 11.3. The van der Waals surface area contributed by atoms with Gasteiger partial charge in [-0.3, -0.25) is 0 Å². The fourth-order valence-corrected chi connectivity index (χ4v) is 1.96. The summed E-state index contributed by atoms with van der Waals surface area (Å²) in [7, 11) is 0. The number of amides is 1. The Morgan fingerprint density at radius 2 is 1.90 bits per heavy atom. The molecule has 0 aromatic heterocycles. The molecule has 5 nitrogen and oxygen atoms in total. The van der Waals surface area contributed by atoms with Crippen LogP contribution in [0.1, 0.15) is 27.2 Å². The highest BCUT2D eigenvalue weighted by Crippen LogP contribution is 2.33. The second-order valence-electron chi connectivity index (χ2n) is 5.58. The molecule has 0 spiro atoms. The Kier molecular flexibility index (Phi) is 4.36. The fraction of sp³-hybridized carbons (Fsp3) is 0.667. The number of hydrogen-bond acceptors (Lipinski definition) is 3. The first-order valence-electron chi connectivity index (χ1n) is 5.90. The third-order valence-electron chi connectivity index (χ3n) is 2.99. The molecule has 0 saturated carbocycles. The maximum Gasteiger partial charge on any atom is 0.491 e. The first-order valence-corrected chi connectivity index (χ1v) is 5.90. The molecule has 0 aromatic carbocycles. The Morgan fingerprint density at radius 1 is 1.35 bits per heavy atom. The van der Waals surface area contributed by atoms with Gasteiger partial charge in [0.2, 0.25) is 0 Å². The van der Waals surface area contributed by atoms with Crippen LogP contribution in [-0.4, -0.2) is 40.8 Å². The van der Waals surface area contributed by atoms with E-state index in [0.717, 1.165) is 4.90 Å². The number of ether oxygens (including phenoxy) is 1. The third kappa shape index (κ3) is 3.88. The lowest BCUT2D eigenvalue weighted by Crippen LogP contribution is -2.49. The van der Waals surface area contributed by atoms with Crippen LogP contribution >= 0.6 is 0 Å². The van der Waals surface area contributed by atoms with Crippen LogP contribution in [0, 0.1) is 5.41 Å². The van der Waals surface area contributed by atoms with Crippen LogP contribution in [-0.2, 0) is 9.53 Å². The van der Waals surface area contributed by atoms with Crippen LogP contribution in [0.5, 0.6) is 0 Å². The number of halogens is 3. The summed E-state index contributed by atoms with van der Waals surface area (Å²) >= 11 is 0. The largest absolute Gasteiger partial charge is 0.491 e. The first kappa shape index (κ1) is 16.3. The number of rotatable bonds is 1. The molecule has 114 valence electrons. The molecule has 1 aliphatic rings. The second-order valence-corrected chi connectivity index (χ2v) is 5.58. The third-order valence-corrected chi connectivity index (χ3v) is 2.99. The van der Waals surface area contributed by atoms with Gasteiger partial charge in [0, 0.05) is 19.0 Å².